The molecule has 1 unspecified atom stereocenters. The molecule has 0 radical (unpaired) electrons. The van der Waals surface area contributed by atoms with Gasteiger partial charge in [0.1, 0.15) is 5.41 Å². The lowest BCUT2D eigenvalue weighted by atomic mass is 9.47. The van der Waals surface area contributed by atoms with Crippen LogP contribution in [-0.4, -0.2) is 126 Å². The van der Waals surface area contributed by atoms with Crippen LogP contribution in [0.1, 0.15) is 75.3 Å². The minimum atomic E-state index is -2.25. The van der Waals surface area contributed by atoms with Crippen molar-refractivity contribution in [3.63, 3.8) is 0 Å². The molecular formula is C45H56N4O8. The molecule has 1 spiro atoms. The molecule has 12 nitrogen and oxygen atoms in total. The highest BCUT2D eigenvalue weighted by Gasteiger charge is 2.80. The number of rotatable bonds is 6. The highest BCUT2D eigenvalue weighted by atomic mass is 16.6. The maximum absolute atomic E-state index is 15.1. The van der Waals surface area contributed by atoms with E-state index >= 15 is 4.79 Å². The van der Waals surface area contributed by atoms with Crippen LogP contribution in [0.3, 0.4) is 0 Å². The number of fused-ring (bicyclic) bond motifs is 6. The number of para-hydroxylation sites is 1. The van der Waals surface area contributed by atoms with E-state index in [4.69, 9.17) is 14.2 Å². The lowest BCUT2D eigenvalue weighted by Gasteiger charge is -2.63. The van der Waals surface area contributed by atoms with Crippen LogP contribution in [0.2, 0.25) is 0 Å². The molecule has 5 aliphatic heterocycles. The molecule has 3 aromatic rings. The van der Waals surface area contributed by atoms with Gasteiger partial charge in [-0.15, -0.1) is 0 Å². The minimum absolute atomic E-state index is 0.0382. The van der Waals surface area contributed by atoms with Gasteiger partial charge < -0.3 is 34.3 Å². The molecule has 2 saturated heterocycles. The van der Waals surface area contributed by atoms with Crippen LogP contribution in [0.5, 0.6) is 0 Å². The molecule has 2 bridgehead atoms. The highest BCUT2D eigenvalue weighted by Crippen LogP contribution is 2.67. The van der Waals surface area contributed by atoms with Gasteiger partial charge in [0.25, 0.3) is 0 Å². The van der Waals surface area contributed by atoms with Crippen molar-refractivity contribution in [1.29, 1.82) is 0 Å². The molecule has 1 aromatic heterocycles. The third-order valence-electron chi connectivity index (χ3n) is 15.3. The average molecular weight is 781 g/mol. The van der Waals surface area contributed by atoms with E-state index in [1.807, 2.05) is 50.1 Å². The summed E-state index contributed by atoms with van der Waals surface area (Å²) in [7, 11) is 4.61. The maximum Gasteiger partial charge on any atom is 0.344 e. The van der Waals surface area contributed by atoms with Crippen LogP contribution in [0, 0.1) is 11.3 Å². The molecule has 1 saturated carbocycles. The Kier molecular flexibility index (Phi) is 8.83. The van der Waals surface area contributed by atoms with Gasteiger partial charge in [-0.25, -0.2) is 4.79 Å². The molecule has 1 aliphatic carbocycles. The van der Waals surface area contributed by atoms with Crippen molar-refractivity contribution in [3.8, 4) is 0 Å². The van der Waals surface area contributed by atoms with Gasteiger partial charge in [0.05, 0.1) is 25.9 Å². The first kappa shape index (κ1) is 38.3. The van der Waals surface area contributed by atoms with E-state index < -0.39 is 51.5 Å². The Labute approximate surface area is 334 Å². The summed E-state index contributed by atoms with van der Waals surface area (Å²) < 4.78 is 17.5. The molecule has 10 atom stereocenters. The number of nitrogens with one attached hydrogen (secondary N) is 1. The van der Waals surface area contributed by atoms with Crippen LogP contribution >= 0.6 is 0 Å². The number of nitrogens with zero attached hydrogens (tertiary/aromatic N) is 3. The van der Waals surface area contributed by atoms with Crippen molar-refractivity contribution in [2.75, 3.05) is 58.9 Å². The molecule has 304 valence electrons. The predicted molar refractivity (Wildman–Crippen MR) is 214 cm³/mol. The van der Waals surface area contributed by atoms with E-state index in [9.17, 15) is 19.8 Å². The monoisotopic (exact) mass is 780 g/mol. The van der Waals surface area contributed by atoms with E-state index in [0.717, 1.165) is 52.1 Å². The number of hydrogen-bond donors (Lipinski definition) is 3. The second-order valence-electron chi connectivity index (χ2n) is 17.9. The van der Waals surface area contributed by atoms with Gasteiger partial charge in [-0.05, 0) is 79.8 Å². The van der Waals surface area contributed by atoms with Gasteiger partial charge in [0, 0.05) is 79.3 Å². The summed E-state index contributed by atoms with van der Waals surface area (Å²) in [4.78, 5) is 52.9. The summed E-state index contributed by atoms with van der Waals surface area (Å²) >= 11 is 0. The Bertz CT molecular complexity index is 2190. The molecule has 3 fully saturated rings. The van der Waals surface area contributed by atoms with Crippen LogP contribution in [0.25, 0.3) is 10.9 Å². The lowest BCUT2D eigenvalue weighted by Crippen LogP contribution is -2.81. The smallest absolute Gasteiger partial charge is 0.344 e. The number of benzene rings is 2. The Morgan fingerprint density at radius 3 is 2.46 bits per heavy atom. The van der Waals surface area contributed by atoms with E-state index in [2.05, 4.69) is 45.1 Å². The fourth-order valence-corrected chi connectivity index (χ4v) is 13.3. The fourth-order valence-electron chi connectivity index (χ4n) is 13.3. The highest BCUT2D eigenvalue weighted by molar-refractivity contribution is 5.94. The molecule has 57 heavy (non-hydrogen) atoms. The zero-order valence-electron chi connectivity index (χ0n) is 34.0. The first-order valence-electron chi connectivity index (χ1n) is 20.7. The molecule has 6 heterocycles. The summed E-state index contributed by atoms with van der Waals surface area (Å²) in [6.45, 7) is 8.81. The number of H-pyrrole nitrogens is 1. The van der Waals surface area contributed by atoms with Crippen molar-refractivity contribution < 1.29 is 38.8 Å². The van der Waals surface area contributed by atoms with Gasteiger partial charge in [-0.3, -0.25) is 19.4 Å². The van der Waals surface area contributed by atoms with Crippen LogP contribution in [0.15, 0.2) is 54.6 Å². The standard InChI is InChI=1S/C45H56N4O8/c1-7-41(53)23-28-24-44(39(51)55-5,35-31(16-20-48(25-28)26-41)30-12-9-10-13-33(30)46-35)29-14-15-34-32(22-29)43-18-21-49-19-11-17-42(8-2,36(43)49)38(57-27(3)50)45(54,40(52)56-6)37(43)47(34)4/h9-15,17,22,28,36-38,46,53-54H,7-8,16,18-21,23-26H2,1-6H3/t28-,36-,37+,38+,41+,42+,43+,44-,45-/m0/s1. The summed E-state index contributed by atoms with van der Waals surface area (Å²) in [5, 5.41) is 26.2. The third-order valence-corrected chi connectivity index (χ3v) is 15.3. The number of hydrogen-bond acceptors (Lipinski definition) is 11. The molecule has 6 aliphatic rings. The predicted octanol–water partition coefficient (Wildman–Crippen LogP) is 3.98. The van der Waals surface area contributed by atoms with Crippen molar-refractivity contribution in [2.24, 2.45) is 11.3 Å². The maximum atomic E-state index is 15.1. The van der Waals surface area contributed by atoms with Gasteiger partial charge >= 0.3 is 17.9 Å². The van der Waals surface area contributed by atoms with Crippen molar-refractivity contribution in [1.82, 2.24) is 14.8 Å². The largest absolute Gasteiger partial charge is 0.468 e. The molecule has 12 heteroatoms. The number of likely N-dealkylation sites (N-methyl/N-ethyl adjacent to an activating group) is 1. The van der Waals surface area contributed by atoms with Crippen LogP contribution < -0.4 is 4.90 Å². The number of aromatic amines is 1. The third kappa shape index (κ3) is 4.96. The second kappa shape index (κ2) is 13.1. The molecule has 3 N–H and O–H groups in total. The van der Waals surface area contributed by atoms with E-state index in [0.29, 0.717) is 58.2 Å². The first-order chi connectivity index (χ1) is 27.3. The van der Waals surface area contributed by atoms with E-state index in [1.54, 1.807) is 0 Å². The molecule has 0 amide bonds. The zero-order chi connectivity index (χ0) is 40.3. The number of aliphatic hydroxyl groups is 2. The summed E-state index contributed by atoms with van der Waals surface area (Å²) in [5.41, 5.74) is -0.870. The van der Waals surface area contributed by atoms with Gasteiger partial charge in [-0.2, -0.15) is 0 Å². The van der Waals surface area contributed by atoms with Gasteiger partial charge in [0.2, 0.25) is 5.60 Å². The Hall–Kier alpha value is -4.23. The number of methoxy groups -OCH3 is 2. The van der Waals surface area contributed by atoms with E-state index in [-0.39, 0.29) is 17.9 Å². The summed E-state index contributed by atoms with van der Waals surface area (Å²) in [5.74, 6) is -1.85. The lowest BCUT2D eigenvalue weighted by molar-refractivity contribution is -0.228. The van der Waals surface area contributed by atoms with Crippen molar-refractivity contribution in [2.45, 2.75) is 99.5 Å². The molecular weight excluding hydrogens is 725 g/mol. The van der Waals surface area contributed by atoms with Gasteiger partial charge in [-0.1, -0.05) is 56.3 Å². The quantitative estimate of drug-likeness (QED) is 0.190. The molecule has 9 rings (SSSR count). The minimum Gasteiger partial charge on any atom is -0.468 e. The number of ether oxygens (including phenoxy) is 3. The average Bonchev–Trinajstić information content (AvgIpc) is 3.87. The normalized spacial score (nSPS) is 37.9. The number of esters is 3. The summed E-state index contributed by atoms with van der Waals surface area (Å²) in [6.07, 6.45) is 6.24. The number of aromatic nitrogens is 1. The second-order valence-corrected chi connectivity index (χ2v) is 17.9. The Balaban J connectivity index is 1.32. The Morgan fingerprint density at radius 1 is 0.965 bits per heavy atom. The van der Waals surface area contributed by atoms with Gasteiger partial charge in [0.15, 0.2) is 6.10 Å². The number of carbonyl (C=O) groups is 3. The first-order valence-corrected chi connectivity index (χ1v) is 20.7. The van der Waals surface area contributed by atoms with Crippen LogP contribution in [-0.2, 0) is 45.8 Å². The fraction of sp³-hybridized carbons (Fsp3) is 0.578. The topological polar surface area (TPSA) is 145 Å². The van der Waals surface area contributed by atoms with Crippen molar-refractivity contribution >= 4 is 34.5 Å². The number of piperidine rings is 1. The SMILES string of the molecule is CC[C@@]1(O)C[C@@H]2CN(CCc3c([nH]c4ccccc34)[C@@](C(=O)OC)(c3ccc4c(c3)[C@@]35CCN6CC=C[C@@](CC)([C@@H](OC(C)=O)[C@](O)(C(=O)OC)[C@@H]3N4C)[C@H]65)C2)C1. The van der Waals surface area contributed by atoms with E-state index in [1.165, 1.54) is 21.1 Å². The number of carbonyl (C=O) groups excluding carboxylic acids is 3. The Morgan fingerprint density at radius 2 is 1.74 bits per heavy atom. The number of anilines is 1. The summed E-state index contributed by atoms with van der Waals surface area (Å²) in [6, 6.07) is 13.3. The molecule has 2 aromatic carbocycles. The van der Waals surface area contributed by atoms with Crippen LogP contribution in [0.4, 0.5) is 5.69 Å². The van der Waals surface area contributed by atoms with Crippen molar-refractivity contribution in [3.05, 3.63) is 77.0 Å². The zero-order valence-corrected chi connectivity index (χ0v) is 34.0.